The minimum Gasteiger partial charge on any atom is -0.377 e. The summed E-state index contributed by atoms with van der Waals surface area (Å²) in [4.78, 5) is 12.8. The molecular formula is C21H24N2O4S. The third kappa shape index (κ3) is 4.11. The fourth-order valence-corrected chi connectivity index (χ4v) is 4.96. The van der Waals surface area contributed by atoms with Gasteiger partial charge in [0, 0.05) is 18.7 Å². The Labute approximate surface area is 165 Å². The van der Waals surface area contributed by atoms with E-state index >= 15 is 0 Å². The third-order valence-electron chi connectivity index (χ3n) is 5.37. The van der Waals surface area contributed by atoms with E-state index in [0.29, 0.717) is 12.2 Å². The monoisotopic (exact) mass is 400 g/mol. The minimum atomic E-state index is -3.69. The highest BCUT2D eigenvalue weighted by atomic mass is 32.2. The molecule has 2 aromatic rings. The number of fused-ring (bicyclic) bond motifs is 1. The molecule has 0 unspecified atom stereocenters. The van der Waals surface area contributed by atoms with Crippen LogP contribution in [0, 0.1) is 0 Å². The summed E-state index contributed by atoms with van der Waals surface area (Å²) in [5.74, 6) is -0.266. The van der Waals surface area contributed by atoms with Crippen molar-refractivity contribution in [2.75, 3.05) is 13.2 Å². The van der Waals surface area contributed by atoms with Crippen LogP contribution in [0.3, 0.4) is 0 Å². The van der Waals surface area contributed by atoms with Crippen LogP contribution in [0.25, 0.3) is 0 Å². The predicted octanol–water partition coefficient (Wildman–Crippen LogP) is 2.56. The Hall–Kier alpha value is -2.22. The molecule has 6 nitrogen and oxygen atoms in total. The molecule has 1 fully saturated rings. The molecule has 1 amide bonds. The zero-order valence-corrected chi connectivity index (χ0v) is 16.4. The molecule has 1 heterocycles. The van der Waals surface area contributed by atoms with Crippen molar-refractivity contribution in [1.82, 2.24) is 10.0 Å². The number of aryl methyl sites for hydroxylation is 1. The lowest BCUT2D eigenvalue weighted by Crippen LogP contribution is -2.32. The van der Waals surface area contributed by atoms with Crippen LogP contribution in [-0.2, 0) is 21.2 Å². The molecule has 0 saturated carbocycles. The summed E-state index contributed by atoms with van der Waals surface area (Å²) in [6, 6.07) is 14.2. The zero-order chi connectivity index (χ0) is 19.6. The van der Waals surface area contributed by atoms with Gasteiger partial charge >= 0.3 is 0 Å². The molecular weight excluding hydrogens is 376 g/mol. The first-order valence-corrected chi connectivity index (χ1v) is 11.1. The second-order valence-corrected chi connectivity index (χ2v) is 9.05. The molecule has 2 aliphatic rings. The highest BCUT2D eigenvalue weighted by molar-refractivity contribution is 7.89. The fraction of sp³-hybridized carbons (Fsp3) is 0.381. The van der Waals surface area contributed by atoms with Crippen molar-refractivity contribution in [2.24, 2.45) is 0 Å². The normalized spacial score (nSPS) is 21.4. The van der Waals surface area contributed by atoms with Crippen molar-refractivity contribution in [1.29, 1.82) is 0 Å². The van der Waals surface area contributed by atoms with E-state index < -0.39 is 10.0 Å². The smallest absolute Gasteiger partial charge is 0.251 e. The Balaban J connectivity index is 1.45. The number of ether oxygens (including phenoxy) is 1. The van der Waals surface area contributed by atoms with E-state index in [-0.39, 0.29) is 29.5 Å². The number of hydrogen-bond donors (Lipinski definition) is 2. The molecule has 0 radical (unpaired) electrons. The first kappa shape index (κ1) is 19.1. The van der Waals surface area contributed by atoms with E-state index in [1.807, 2.05) is 18.2 Å². The number of amides is 1. The first-order chi connectivity index (χ1) is 13.5. The molecule has 0 spiro atoms. The molecule has 148 valence electrons. The Bertz CT molecular complexity index is 968. The lowest BCUT2D eigenvalue weighted by molar-refractivity contribution is 0.0936. The molecule has 2 atom stereocenters. The van der Waals surface area contributed by atoms with Crippen LogP contribution < -0.4 is 10.0 Å². The number of nitrogens with one attached hydrogen (secondary N) is 2. The molecule has 1 saturated heterocycles. The summed E-state index contributed by atoms with van der Waals surface area (Å²) in [6.45, 7) is 0.921. The van der Waals surface area contributed by atoms with E-state index in [2.05, 4.69) is 16.1 Å². The largest absolute Gasteiger partial charge is 0.377 e. The van der Waals surface area contributed by atoms with Crippen LogP contribution >= 0.6 is 0 Å². The second-order valence-electron chi connectivity index (χ2n) is 7.28. The van der Waals surface area contributed by atoms with E-state index in [1.165, 1.54) is 17.7 Å². The maximum absolute atomic E-state index is 12.7. The Morgan fingerprint density at radius 1 is 1.11 bits per heavy atom. The average Bonchev–Trinajstić information content (AvgIpc) is 3.37. The van der Waals surface area contributed by atoms with Crippen LogP contribution in [0.5, 0.6) is 0 Å². The first-order valence-electron chi connectivity index (χ1n) is 9.63. The van der Waals surface area contributed by atoms with Gasteiger partial charge in [0.1, 0.15) is 0 Å². The zero-order valence-electron chi connectivity index (χ0n) is 15.6. The summed E-state index contributed by atoms with van der Waals surface area (Å²) >= 11 is 0. The van der Waals surface area contributed by atoms with Crippen LogP contribution in [0.15, 0.2) is 53.4 Å². The van der Waals surface area contributed by atoms with Crippen LogP contribution in [0.4, 0.5) is 0 Å². The summed E-state index contributed by atoms with van der Waals surface area (Å²) in [5.41, 5.74) is 2.73. The molecule has 1 aliphatic carbocycles. The summed E-state index contributed by atoms with van der Waals surface area (Å²) in [6.07, 6.45) is 3.51. The van der Waals surface area contributed by atoms with Crippen LogP contribution in [0.2, 0.25) is 0 Å². The van der Waals surface area contributed by atoms with Gasteiger partial charge in [-0.3, -0.25) is 4.79 Å². The average molecular weight is 401 g/mol. The summed E-state index contributed by atoms with van der Waals surface area (Å²) in [5, 5.41) is 3.03. The lowest BCUT2D eigenvalue weighted by Gasteiger charge is -2.15. The number of sulfonamides is 1. The molecule has 4 rings (SSSR count). The van der Waals surface area contributed by atoms with Crippen molar-refractivity contribution in [3.63, 3.8) is 0 Å². The molecule has 2 aromatic carbocycles. The molecule has 1 aliphatic heterocycles. The number of rotatable bonds is 6. The predicted molar refractivity (Wildman–Crippen MR) is 106 cm³/mol. The van der Waals surface area contributed by atoms with Gasteiger partial charge in [-0.15, -0.1) is 0 Å². The van der Waals surface area contributed by atoms with Gasteiger partial charge in [0.2, 0.25) is 10.0 Å². The van der Waals surface area contributed by atoms with Crippen molar-refractivity contribution in [3.05, 3.63) is 65.2 Å². The molecule has 2 N–H and O–H groups in total. The standard InChI is InChI=1S/C21H24N2O4S/c24-21(23-20-11-10-15-5-1-2-9-19(15)20)16-6-3-8-18(13-16)28(25,26)22-14-17-7-4-12-27-17/h1-3,5-6,8-9,13,17,20,22H,4,7,10-12,14H2,(H,23,24)/t17-,20+/m1/s1. The van der Waals surface area contributed by atoms with Gasteiger partial charge < -0.3 is 10.1 Å². The van der Waals surface area contributed by atoms with Crippen molar-refractivity contribution < 1.29 is 17.9 Å². The molecule has 0 aromatic heterocycles. The Kier molecular flexibility index (Phi) is 5.48. The van der Waals surface area contributed by atoms with E-state index in [9.17, 15) is 13.2 Å². The SMILES string of the molecule is O=C(N[C@H]1CCc2ccccc21)c1cccc(S(=O)(=O)NC[C@H]2CCCO2)c1. The van der Waals surface area contributed by atoms with Crippen LogP contribution in [0.1, 0.15) is 46.8 Å². The van der Waals surface area contributed by atoms with Gasteiger partial charge in [-0.1, -0.05) is 30.3 Å². The number of hydrogen-bond acceptors (Lipinski definition) is 4. The van der Waals surface area contributed by atoms with Crippen LogP contribution in [-0.4, -0.2) is 33.6 Å². The number of carbonyl (C=O) groups excluding carboxylic acids is 1. The highest BCUT2D eigenvalue weighted by Gasteiger charge is 2.25. The maximum atomic E-state index is 12.7. The lowest BCUT2D eigenvalue weighted by atomic mass is 10.1. The summed E-state index contributed by atoms with van der Waals surface area (Å²) < 4.78 is 33.2. The maximum Gasteiger partial charge on any atom is 0.251 e. The Morgan fingerprint density at radius 2 is 1.96 bits per heavy atom. The molecule has 0 bridgehead atoms. The highest BCUT2D eigenvalue weighted by Crippen LogP contribution is 2.31. The van der Waals surface area contributed by atoms with Crippen molar-refractivity contribution in [2.45, 2.75) is 42.7 Å². The topological polar surface area (TPSA) is 84.5 Å². The van der Waals surface area contributed by atoms with Gasteiger partial charge in [-0.2, -0.15) is 0 Å². The van der Waals surface area contributed by atoms with Crippen molar-refractivity contribution >= 4 is 15.9 Å². The quantitative estimate of drug-likeness (QED) is 0.781. The van der Waals surface area contributed by atoms with Gasteiger partial charge in [0.05, 0.1) is 17.0 Å². The third-order valence-corrected chi connectivity index (χ3v) is 6.79. The minimum absolute atomic E-state index is 0.0402. The van der Waals surface area contributed by atoms with Crippen molar-refractivity contribution in [3.8, 4) is 0 Å². The molecule has 28 heavy (non-hydrogen) atoms. The van der Waals surface area contributed by atoms with E-state index in [1.54, 1.807) is 12.1 Å². The van der Waals surface area contributed by atoms with E-state index in [0.717, 1.165) is 31.2 Å². The summed E-state index contributed by atoms with van der Waals surface area (Å²) in [7, 11) is -3.69. The Morgan fingerprint density at radius 3 is 2.79 bits per heavy atom. The van der Waals surface area contributed by atoms with E-state index in [4.69, 9.17) is 4.74 Å². The van der Waals surface area contributed by atoms with Gasteiger partial charge in [-0.25, -0.2) is 13.1 Å². The second kappa shape index (κ2) is 8.03. The molecule has 7 heteroatoms. The van der Waals surface area contributed by atoms with Gasteiger partial charge in [0.15, 0.2) is 0 Å². The van der Waals surface area contributed by atoms with Gasteiger partial charge in [-0.05, 0) is 55.0 Å². The van der Waals surface area contributed by atoms with Gasteiger partial charge in [0.25, 0.3) is 5.91 Å². The number of benzene rings is 2. The number of carbonyl (C=O) groups is 1. The fourth-order valence-electron chi connectivity index (χ4n) is 3.84.